The molecule has 0 spiro atoms. The van der Waals surface area contributed by atoms with E-state index in [1.807, 2.05) is 28.9 Å². The SMILES string of the molecule is CCCCn1c(SCc2cn3cc(Cl)ccc3n2)n[nH]c1=O. The number of thioether (sulfide) groups is 1. The van der Waals surface area contributed by atoms with Crippen molar-refractivity contribution in [2.45, 2.75) is 37.2 Å². The van der Waals surface area contributed by atoms with Crippen LogP contribution in [0.15, 0.2) is 34.5 Å². The highest BCUT2D eigenvalue weighted by molar-refractivity contribution is 7.98. The summed E-state index contributed by atoms with van der Waals surface area (Å²) in [7, 11) is 0. The number of unbranched alkanes of at least 4 members (excludes halogenated alkanes) is 1. The van der Waals surface area contributed by atoms with Gasteiger partial charge < -0.3 is 4.40 Å². The molecule has 3 aromatic rings. The van der Waals surface area contributed by atoms with Crippen LogP contribution in [-0.2, 0) is 12.3 Å². The van der Waals surface area contributed by atoms with Crippen molar-refractivity contribution in [3.8, 4) is 0 Å². The van der Waals surface area contributed by atoms with Crippen LogP contribution in [0.4, 0.5) is 0 Å². The number of fused-ring (bicyclic) bond motifs is 1. The molecule has 0 saturated heterocycles. The van der Waals surface area contributed by atoms with Crippen molar-refractivity contribution in [1.29, 1.82) is 0 Å². The largest absolute Gasteiger partial charge is 0.343 e. The van der Waals surface area contributed by atoms with Gasteiger partial charge in [-0.05, 0) is 18.6 Å². The third kappa shape index (κ3) is 3.20. The highest BCUT2D eigenvalue weighted by Crippen LogP contribution is 2.20. The molecule has 8 heteroatoms. The van der Waals surface area contributed by atoms with Crippen molar-refractivity contribution in [3.05, 3.63) is 45.7 Å². The van der Waals surface area contributed by atoms with E-state index in [1.54, 1.807) is 4.57 Å². The number of aromatic nitrogens is 5. The molecule has 22 heavy (non-hydrogen) atoms. The Morgan fingerprint density at radius 2 is 2.23 bits per heavy atom. The van der Waals surface area contributed by atoms with Crippen LogP contribution in [0.25, 0.3) is 5.65 Å². The van der Waals surface area contributed by atoms with Gasteiger partial charge in [-0.3, -0.25) is 4.57 Å². The lowest BCUT2D eigenvalue weighted by atomic mass is 10.3. The number of pyridine rings is 1. The van der Waals surface area contributed by atoms with Gasteiger partial charge in [0.15, 0.2) is 5.16 Å². The summed E-state index contributed by atoms with van der Waals surface area (Å²) < 4.78 is 3.58. The van der Waals surface area contributed by atoms with E-state index in [-0.39, 0.29) is 5.69 Å². The molecule has 0 aliphatic carbocycles. The summed E-state index contributed by atoms with van der Waals surface area (Å²) in [5.41, 5.74) is 1.62. The Hall–Kier alpha value is -1.73. The fourth-order valence-electron chi connectivity index (χ4n) is 2.15. The van der Waals surface area contributed by atoms with Crippen LogP contribution in [-0.4, -0.2) is 24.1 Å². The number of H-pyrrole nitrogens is 1. The first-order valence-electron chi connectivity index (χ1n) is 7.08. The van der Waals surface area contributed by atoms with Gasteiger partial charge in [-0.1, -0.05) is 36.7 Å². The van der Waals surface area contributed by atoms with Crippen molar-refractivity contribution < 1.29 is 0 Å². The Kier molecular flexibility index (Phi) is 4.54. The molecule has 0 saturated carbocycles. The van der Waals surface area contributed by atoms with Gasteiger partial charge >= 0.3 is 5.69 Å². The summed E-state index contributed by atoms with van der Waals surface area (Å²) in [6, 6.07) is 3.69. The quantitative estimate of drug-likeness (QED) is 0.702. The summed E-state index contributed by atoms with van der Waals surface area (Å²) >= 11 is 7.47. The van der Waals surface area contributed by atoms with E-state index < -0.39 is 0 Å². The lowest BCUT2D eigenvalue weighted by Gasteiger charge is -2.02. The maximum absolute atomic E-state index is 11.7. The lowest BCUT2D eigenvalue weighted by Crippen LogP contribution is -2.17. The number of rotatable bonds is 6. The Morgan fingerprint density at radius 3 is 3.05 bits per heavy atom. The molecule has 0 radical (unpaired) electrons. The molecular weight excluding hydrogens is 322 g/mol. The Bertz CT molecular complexity index is 837. The second kappa shape index (κ2) is 6.58. The van der Waals surface area contributed by atoms with Crippen molar-refractivity contribution in [2.24, 2.45) is 0 Å². The summed E-state index contributed by atoms with van der Waals surface area (Å²) in [4.78, 5) is 16.3. The summed E-state index contributed by atoms with van der Waals surface area (Å²) in [6.45, 7) is 2.79. The van der Waals surface area contributed by atoms with Crippen LogP contribution < -0.4 is 5.69 Å². The molecule has 0 bridgehead atoms. The molecule has 0 aliphatic heterocycles. The predicted molar refractivity (Wildman–Crippen MR) is 87.5 cm³/mol. The van der Waals surface area contributed by atoms with Gasteiger partial charge in [0.05, 0.1) is 10.7 Å². The van der Waals surface area contributed by atoms with E-state index in [4.69, 9.17) is 11.6 Å². The number of hydrogen-bond donors (Lipinski definition) is 1. The Labute approximate surface area is 136 Å². The highest BCUT2D eigenvalue weighted by Gasteiger charge is 2.10. The summed E-state index contributed by atoms with van der Waals surface area (Å²) in [5, 5.41) is 7.97. The molecule has 0 fully saturated rings. The van der Waals surface area contributed by atoms with Crippen molar-refractivity contribution in [1.82, 2.24) is 24.1 Å². The topological polar surface area (TPSA) is 68.0 Å². The number of aromatic amines is 1. The van der Waals surface area contributed by atoms with Gasteiger partial charge in [0.25, 0.3) is 0 Å². The van der Waals surface area contributed by atoms with Crippen molar-refractivity contribution >= 4 is 29.0 Å². The van der Waals surface area contributed by atoms with Crippen LogP contribution in [0, 0.1) is 0 Å². The maximum atomic E-state index is 11.7. The standard InChI is InChI=1S/C14H16ClN5OS/c1-2-3-6-20-13(21)17-18-14(20)22-9-11-8-19-7-10(15)4-5-12(19)16-11/h4-5,7-8H,2-3,6,9H2,1H3,(H,17,21). The van der Waals surface area contributed by atoms with E-state index in [0.717, 1.165) is 24.2 Å². The Morgan fingerprint density at radius 1 is 1.36 bits per heavy atom. The zero-order chi connectivity index (χ0) is 15.5. The number of hydrogen-bond acceptors (Lipinski definition) is 4. The molecule has 0 unspecified atom stereocenters. The van der Waals surface area contributed by atoms with Crippen molar-refractivity contribution in [2.75, 3.05) is 0 Å². The molecule has 0 aromatic carbocycles. The molecule has 1 N–H and O–H groups in total. The minimum Gasteiger partial charge on any atom is -0.305 e. The fraction of sp³-hybridized carbons (Fsp3) is 0.357. The monoisotopic (exact) mass is 337 g/mol. The molecule has 3 rings (SSSR count). The number of imidazole rings is 1. The Balaban J connectivity index is 1.75. The van der Waals surface area contributed by atoms with Gasteiger partial charge in [-0.15, -0.1) is 5.10 Å². The maximum Gasteiger partial charge on any atom is 0.343 e. The first-order chi connectivity index (χ1) is 10.7. The van der Waals surface area contributed by atoms with E-state index >= 15 is 0 Å². The molecule has 116 valence electrons. The number of nitrogens with one attached hydrogen (secondary N) is 1. The average Bonchev–Trinajstić information content (AvgIpc) is 3.06. The van der Waals surface area contributed by atoms with E-state index in [1.165, 1.54) is 11.8 Å². The van der Waals surface area contributed by atoms with Crippen LogP contribution >= 0.6 is 23.4 Å². The summed E-state index contributed by atoms with van der Waals surface area (Å²) in [6.07, 6.45) is 5.76. The minimum atomic E-state index is -0.155. The van der Waals surface area contributed by atoms with Gasteiger partial charge in [-0.2, -0.15) is 0 Å². The average molecular weight is 338 g/mol. The molecular formula is C14H16ClN5OS. The molecule has 0 amide bonds. The third-order valence-electron chi connectivity index (χ3n) is 3.27. The predicted octanol–water partition coefficient (Wildman–Crippen LogP) is 2.96. The van der Waals surface area contributed by atoms with E-state index in [0.29, 0.717) is 22.5 Å². The van der Waals surface area contributed by atoms with Crippen LogP contribution in [0.5, 0.6) is 0 Å². The van der Waals surface area contributed by atoms with Crippen molar-refractivity contribution in [3.63, 3.8) is 0 Å². The zero-order valence-electron chi connectivity index (χ0n) is 12.1. The molecule has 6 nitrogen and oxygen atoms in total. The van der Waals surface area contributed by atoms with Crippen LogP contribution in [0.3, 0.4) is 0 Å². The zero-order valence-corrected chi connectivity index (χ0v) is 13.7. The second-order valence-electron chi connectivity index (χ2n) is 4.95. The summed E-state index contributed by atoms with van der Waals surface area (Å²) in [5.74, 6) is 0.649. The first kappa shape index (κ1) is 15.2. The van der Waals surface area contributed by atoms with Crippen LogP contribution in [0.1, 0.15) is 25.5 Å². The van der Waals surface area contributed by atoms with Gasteiger partial charge in [0.1, 0.15) is 5.65 Å². The smallest absolute Gasteiger partial charge is 0.305 e. The molecule has 3 heterocycles. The molecule has 3 aromatic heterocycles. The second-order valence-corrected chi connectivity index (χ2v) is 6.33. The fourth-order valence-corrected chi connectivity index (χ4v) is 3.18. The normalized spacial score (nSPS) is 11.4. The molecule has 0 atom stereocenters. The molecule has 0 aliphatic rings. The van der Waals surface area contributed by atoms with Gasteiger partial charge in [0, 0.05) is 24.7 Å². The van der Waals surface area contributed by atoms with E-state index in [2.05, 4.69) is 22.1 Å². The van der Waals surface area contributed by atoms with Gasteiger partial charge in [0.2, 0.25) is 0 Å². The minimum absolute atomic E-state index is 0.155. The lowest BCUT2D eigenvalue weighted by molar-refractivity contribution is 0.573. The van der Waals surface area contributed by atoms with E-state index in [9.17, 15) is 4.79 Å². The van der Waals surface area contributed by atoms with Crippen LogP contribution in [0.2, 0.25) is 5.02 Å². The number of halogens is 1. The number of nitrogens with zero attached hydrogens (tertiary/aromatic N) is 4. The van der Waals surface area contributed by atoms with Gasteiger partial charge in [-0.25, -0.2) is 14.9 Å². The third-order valence-corrected chi connectivity index (χ3v) is 4.51. The highest BCUT2D eigenvalue weighted by atomic mass is 35.5. The first-order valence-corrected chi connectivity index (χ1v) is 8.45.